The summed E-state index contributed by atoms with van der Waals surface area (Å²) in [5.74, 6) is -0.355. The molecular weight excluding hydrogens is 272 g/mol. The van der Waals surface area contributed by atoms with Gasteiger partial charge >= 0.3 is 11.6 Å². The van der Waals surface area contributed by atoms with E-state index >= 15 is 0 Å². The molecule has 0 atom stereocenters. The predicted molar refractivity (Wildman–Crippen MR) is 83.0 cm³/mol. The van der Waals surface area contributed by atoms with Gasteiger partial charge in [0, 0.05) is 0 Å². The lowest BCUT2D eigenvalue weighted by atomic mass is 10.4. The lowest BCUT2D eigenvalue weighted by Crippen LogP contribution is -2.47. The lowest BCUT2D eigenvalue weighted by Gasteiger charge is -2.41. The number of aliphatic hydroxyl groups excluding tert-OH is 1. The number of nitrogens with zero attached hydrogens (tertiary/aromatic N) is 2. The topological polar surface area (TPSA) is 66.8 Å². The molecule has 0 unspecified atom stereocenters. The maximum atomic E-state index is 9.58. The second-order valence-electron chi connectivity index (χ2n) is 5.80. The molecular formula is C14H27N2O3Si+. The van der Waals surface area contributed by atoms with E-state index in [1.165, 1.54) is 7.11 Å². The van der Waals surface area contributed by atoms with Gasteiger partial charge in [-0.15, -0.1) is 0 Å². The molecule has 0 saturated heterocycles. The fraction of sp³-hybridized carbons (Fsp3) is 0.714. The van der Waals surface area contributed by atoms with Crippen LogP contribution in [0.15, 0.2) is 24.0 Å². The van der Waals surface area contributed by atoms with E-state index < -0.39 is 14.3 Å². The van der Waals surface area contributed by atoms with E-state index in [0.717, 1.165) is 0 Å². The van der Waals surface area contributed by atoms with E-state index in [1.807, 2.05) is 0 Å². The van der Waals surface area contributed by atoms with Gasteiger partial charge in [-0.25, -0.2) is 0 Å². The number of ether oxygens (including phenoxy) is 1. The monoisotopic (exact) mass is 299 g/mol. The van der Waals surface area contributed by atoms with Crippen molar-refractivity contribution in [2.24, 2.45) is 0 Å². The van der Waals surface area contributed by atoms with Crippen LogP contribution in [0.1, 0.15) is 41.5 Å². The minimum absolute atomic E-state index is 0.148. The zero-order chi connectivity index (χ0) is 16.1. The van der Waals surface area contributed by atoms with Gasteiger partial charge in [-0.05, 0) is 23.2 Å². The summed E-state index contributed by atoms with van der Waals surface area (Å²) in [6, 6.07) is 0. The SMILES string of the molecule is C=C(O[Si](C(C)C)(C(C)C)C(C)C)/C([N+]#N)=C(\O)OC. The average Bonchev–Trinajstić information content (AvgIpc) is 2.34. The zero-order valence-electron chi connectivity index (χ0n) is 13.6. The summed E-state index contributed by atoms with van der Waals surface area (Å²) in [6.45, 7) is 16.6. The summed E-state index contributed by atoms with van der Waals surface area (Å²) in [4.78, 5) is 3.02. The largest absolute Gasteiger partial charge is 0.537 e. The van der Waals surface area contributed by atoms with Crippen LogP contribution in [0.4, 0.5) is 0 Å². The Balaban J connectivity index is 5.62. The maximum absolute atomic E-state index is 9.58. The van der Waals surface area contributed by atoms with E-state index in [4.69, 9.17) is 9.82 Å². The molecule has 0 rings (SSSR count). The molecule has 0 bridgehead atoms. The third kappa shape index (κ3) is 3.54. The van der Waals surface area contributed by atoms with Gasteiger partial charge < -0.3 is 14.3 Å². The van der Waals surface area contributed by atoms with Crippen LogP contribution in [0.3, 0.4) is 0 Å². The Labute approximate surface area is 123 Å². The summed E-state index contributed by atoms with van der Waals surface area (Å²) in [6.07, 6.45) is 0. The summed E-state index contributed by atoms with van der Waals surface area (Å²) in [5, 5.41) is 18.6. The van der Waals surface area contributed by atoms with Crippen molar-refractivity contribution < 1.29 is 14.3 Å². The third-order valence-corrected chi connectivity index (χ3v) is 9.78. The Hall–Kier alpha value is -1.48. The van der Waals surface area contributed by atoms with Crippen LogP contribution in [0, 0.1) is 5.39 Å². The van der Waals surface area contributed by atoms with Crippen molar-refractivity contribution in [3.63, 3.8) is 0 Å². The summed E-state index contributed by atoms with van der Waals surface area (Å²) < 4.78 is 10.9. The number of hydrogen-bond acceptors (Lipinski definition) is 4. The van der Waals surface area contributed by atoms with Gasteiger partial charge in [0.1, 0.15) is 0 Å². The van der Waals surface area contributed by atoms with Crippen LogP contribution in [-0.2, 0) is 9.16 Å². The van der Waals surface area contributed by atoms with Gasteiger partial charge in [-0.1, -0.05) is 41.5 Å². The molecule has 0 spiro atoms. The first-order valence-corrected chi connectivity index (χ1v) is 8.99. The molecule has 114 valence electrons. The van der Waals surface area contributed by atoms with Gasteiger partial charge in [0.2, 0.25) is 11.2 Å². The van der Waals surface area contributed by atoms with Crippen molar-refractivity contribution in [1.29, 1.82) is 5.39 Å². The van der Waals surface area contributed by atoms with E-state index in [1.54, 1.807) is 0 Å². The van der Waals surface area contributed by atoms with E-state index in [9.17, 15) is 5.11 Å². The highest BCUT2D eigenvalue weighted by atomic mass is 28.4. The van der Waals surface area contributed by atoms with Crippen LogP contribution in [0.25, 0.3) is 4.98 Å². The smallest absolute Gasteiger partial charge is 0.503 e. The first-order chi connectivity index (χ1) is 9.14. The van der Waals surface area contributed by atoms with Gasteiger partial charge in [-0.2, -0.15) is 0 Å². The van der Waals surface area contributed by atoms with Gasteiger partial charge in [0.25, 0.3) is 8.32 Å². The second kappa shape index (κ2) is 7.34. The Morgan fingerprint density at radius 2 is 1.50 bits per heavy atom. The minimum Gasteiger partial charge on any atom is -0.537 e. The highest BCUT2D eigenvalue weighted by Crippen LogP contribution is 2.44. The van der Waals surface area contributed by atoms with E-state index in [0.29, 0.717) is 16.6 Å². The number of diazo groups is 1. The quantitative estimate of drug-likeness (QED) is 0.313. The van der Waals surface area contributed by atoms with Crippen molar-refractivity contribution in [2.75, 3.05) is 7.11 Å². The van der Waals surface area contributed by atoms with Crippen LogP contribution in [0.2, 0.25) is 16.6 Å². The molecule has 0 aromatic heterocycles. The molecule has 0 aromatic rings. The average molecular weight is 299 g/mol. The molecule has 5 nitrogen and oxygen atoms in total. The van der Waals surface area contributed by atoms with Crippen molar-refractivity contribution in [3.05, 3.63) is 29.0 Å². The standard InChI is InChI=1S/C14H26N2O3Si/c1-9(2)20(10(3)4,11(5)6)19-12(7)13(16-15)14(17)18-8/h9-11H,7H2,1-6,8H3/p+1/b14-13-. The molecule has 0 amide bonds. The summed E-state index contributed by atoms with van der Waals surface area (Å²) >= 11 is 0. The van der Waals surface area contributed by atoms with Gasteiger partial charge in [0.05, 0.1) is 7.11 Å². The molecule has 0 fully saturated rings. The van der Waals surface area contributed by atoms with Crippen molar-refractivity contribution >= 4 is 8.32 Å². The molecule has 0 radical (unpaired) electrons. The maximum Gasteiger partial charge on any atom is 0.503 e. The minimum atomic E-state index is -2.20. The Morgan fingerprint density at radius 3 is 1.75 bits per heavy atom. The van der Waals surface area contributed by atoms with E-state index in [2.05, 4.69) is 57.8 Å². The summed E-state index contributed by atoms with van der Waals surface area (Å²) in [5.41, 5.74) is 0.892. The molecule has 1 N–H and O–H groups in total. The number of hydrogen-bond donors (Lipinski definition) is 1. The highest BCUT2D eigenvalue weighted by molar-refractivity contribution is 6.77. The van der Waals surface area contributed by atoms with E-state index in [-0.39, 0.29) is 11.5 Å². The molecule has 20 heavy (non-hydrogen) atoms. The van der Waals surface area contributed by atoms with Gasteiger partial charge in [0.15, 0.2) is 4.98 Å². The molecule has 6 heteroatoms. The Bertz CT molecular complexity index is 401. The van der Waals surface area contributed by atoms with Gasteiger partial charge in [-0.3, -0.25) is 0 Å². The zero-order valence-corrected chi connectivity index (χ0v) is 14.6. The molecule has 0 aliphatic heterocycles. The number of methoxy groups -OCH3 is 1. The number of aliphatic hydroxyl groups is 1. The second-order valence-corrected chi connectivity index (χ2v) is 11.2. The molecule has 0 aliphatic rings. The molecule has 0 saturated carbocycles. The fourth-order valence-electron chi connectivity index (χ4n) is 2.93. The first kappa shape index (κ1) is 18.5. The van der Waals surface area contributed by atoms with Crippen LogP contribution in [0.5, 0.6) is 0 Å². The highest BCUT2D eigenvalue weighted by Gasteiger charge is 2.49. The Morgan fingerprint density at radius 1 is 1.10 bits per heavy atom. The normalized spacial score (nSPS) is 13.2. The van der Waals surface area contributed by atoms with Crippen LogP contribution < -0.4 is 0 Å². The lowest BCUT2D eigenvalue weighted by molar-refractivity contribution is 0.131. The van der Waals surface area contributed by atoms with Crippen LogP contribution >= 0.6 is 0 Å². The molecule has 0 aromatic carbocycles. The third-order valence-electron chi connectivity index (χ3n) is 3.77. The van der Waals surface area contributed by atoms with Crippen molar-refractivity contribution in [2.45, 2.75) is 58.2 Å². The first-order valence-electron chi connectivity index (χ1n) is 6.85. The number of rotatable bonds is 7. The molecule has 0 aliphatic carbocycles. The predicted octanol–water partition coefficient (Wildman–Crippen LogP) is 4.92. The fourth-order valence-corrected chi connectivity index (χ4v) is 8.16. The Kier molecular flexibility index (Phi) is 6.80. The van der Waals surface area contributed by atoms with Crippen LogP contribution in [-0.4, -0.2) is 20.5 Å². The van der Waals surface area contributed by atoms with Crippen molar-refractivity contribution in [1.82, 2.24) is 0 Å². The molecule has 0 heterocycles. The summed E-state index contributed by atoms with van der Waals surface area (Å²) in [7, 11) is -0.916. The van der Waals surface area contributed by atoms with Crippen molar-refractivity contribution in [3.8, 4) is 0 Å².